The van der Waals surface area contributed by atoms with Crippen LogP contribution >= 0.6 is 11.6 Å². The van der Waals surface area contributed by atoms with E-state index in [9.17, 15) is 14.4 Å². The van der Waals surface area contributed by atoms with Crippen LogP contribution in [0.1, 0.15) is 40.2 Å². The first-order valence-corrected chi connectivity index (χ1v) is 9.65. The van der Waals surface area contributed by atoms with Gasteiger partial charge in [-0.1, -0.05) is 25.4 Å². The number of anilines is 1. The van der Waals surface area contributed by atoms with Gasteiger partial charge in [0.05, 0.1) is 11.8 Å². The summed E-state index contributed by atoms with van der Waals surface area (Å²) in [6.07, 6.45) is 0. The van der Waals surface area contributed by atoms with E-state index in [0.29, 0.717) is 16.3 Å². The SMILES string of the molecule is CC(C)[C@@H]1N[C@]2(C(=O)Nc3ccc(Cl)cc32)[C@@H]2C(=O)N(C(C)(C)C)C(=O)[C@@H]21. The molecule has 2 N–H and O–H groups in total. The zero-order valence-electron chi connectivity index (χ0n) is 16.1. The van der Waals surface area contributed by atoms with Gasteiger partial charge in [-0.3, -0.25) is 24.6 Å². The molecule has 4 atom stereocenters. The molecule has 1 spiro atoms. The molecule has 27 heavy (non-hydrogen) atoms. The average Bonchev–Trinajstić information content (AvgIpc) is 3.13. The van der Waals surface area contributed by atoms with Gasteiger partial charge < -0.3 is 5.32 Å². The third kappa shape index (κ3) is 2.26. The first-order valence-electron chi connectivity index (χ1n) is 9.27. The van der Waals surface area contributed by atoms with Gasteiger partial charge in [0.1, 0.15) is 5.54 Å². The molecule has 2 fully saturated rings. The van der Waals surface area contributed by atoms with Crippen LogP contribution in [0.15, 0.2) is 18.2 Å². The average molecular weight is 390 g/mol. The molecule has 7 heteroatoms. The third-order valence-corrected chi connectivity index (χ3v) is 6.24. The second-order valence-corrected chi connectivity index (χ2v) is 9.49. The molecule has 0 aromatic heterocycles. The second-order valence-electron chi connectivity index (χ2n) is 9.05. The van der Waals surface area contributed by atoms with E-state index in [1.165, 1.54) is 4.90 Å². The molecule has 3 heterocycles. The first-order chi connectivity index (χ1) is 12.5. The maximum atomic E-state index is 13.5. The zero-order chi connectivity index (χ0) is 19.9. The quantitative estimate of drug-likeness (QED) is 0.723. The number of carbonyl (C=O) groups excluding carboxylic acids is 3. The number of fused-ring (bicyclic) bond motifs is 4. The van der Waals surface area contributed by atoms with Gasteiger partial charge in [0, 0.05) is 27.9 Å². The summed E-state index contributed by atoms with van der Waals surface area (Å²) in [4.78, 5) is 41.3. The summed E-state index contributed by atoms with van der Waals surface area (Å²) >= 11 is 6.21. The lowest BCUT2D eigenvalue weighted by Crippen LogP contribution is -2.56. The molecule has 3 aliphatic heterocycles. The van der Waals surface area contributed by atoms with E-state index < -0.39 is 22.9 Å². The lowest BCUT2D eigenvalue weighted by atomic mass is 9.76. The van der Waals surface area contributed by atoms with Crippen molar-refractivity contribution in [3.05, 3.63) is 28.8 Å². The van der Waals surface area contributed by atoms with Crippen molar-refractivity contribution < 1.29 is 14.4 Å². The number of nitrogens with one attached hydrogen (secondary N) is 2. The van der Waals surface area contributed by atoms with Gasteiger partial charge in [0.2, 0.25) is 17.7 Å². The van der Waals surface area contributed by atoms with Gasteiger partial charge in [0.15, 0.2) is 0 Å². The summed E-state index contributed by atoms with van der Waals surface area (Å²) in [7, 11) is 0. The number of benzene rings is 1. The molecule has 144 valence electrons. The van der Waals surface area contributed by atoms with Crippen LogP contribution in [0.5, 0.6) is 0 Å². The van der Waals surface area contributed by atoms with E-state index in [-0.39, 0.29) is 29.7 Å². The van der Waals surface area contributed by atoms with Crippen molar-refractivity contribution >= 4 is 35.0 Å². The molecule has 0 aliphatic carbocycles. The minimum atomic E-state index is -1.27. The number of imide groups is 1. The van der Waals surface area contributed by atoms with Gasteiger partial charge in [-0.15, -0.1) is 0 Å². The molecule has 0 radical (unpaired) electrons. The number of amides is 3. The second kappa shape index (κ2) is 5.55. The fourth-order valence-electron chi connectivity index (χ4n) is 4.94. The fraction of sp³-hybridized carbons (Fsp3) is 0.550. The van der Waals surface area contributed by atoms with Gasteiger partial charge in [0.25, 0.3) is 0 Å². The number of halogens is 1. The molecule has 3 aliphatic rings. The van der Waals surface area contributed by atoms with Crippen LogP contribution in [0.2, 0.25) is 5.02 Å². The summed E-state index contributed by atoms with van der Waals surface area (Å²) in [5.74, 6) is -2.08. The van der Waals surface area contributed by atoms with Crippen molar-refractivity contribution in [3.63, 3.8) is 0 Å². The molecule has 1 aromatic rings. The lowest BCUT2D eigenvalue weighted by molar-refractivity contribution is -0.148. The van der Waals surface area contributed by atoms with Gasteiger partial charge >= 0.3 is 0 Å². The Bertz CT molecular complexity index is 876. The molecule has 0 saturated carbocycles. The zero-order valence-corrected chi connectivity index (χ0v) is 16.8. The lowest BCUT2D eigenvalue weighted by Gasteiger charge is -2.35. The van der Waals surface area contributed by atoms with E-state index >= 15 is 0 Å². The molecule has 4 rings (SSSR count). The Balaban J connectivity index is 1.95. The van der Waals surface area contributed by atoms with Gasteiger partial charge in [-0.25, -0.2) is 0 Å². The van der Waals surface area contributed by atoms with Crippen LogP contribution in [-0.2, 0) is 19.9 Å². The highest BCUT2D eigenvalue weighted by molar-refractivity contribution is 6.31. The predicted molar refractivity (Wildman–Crippen MR) is 102 cm³/mol. The van der Waals surface area contributed by atoms with Gasteiger partial charge in [-0.05, 0) is 44.9 Å². The molecular formula is C20H24ClN3O3. The third-order valence-electron chi connectivity index (χ3n) is 6.00. The van der Waals surface area contributed by atoms with Crippen LogP contribution in [-0.4, -0.2) is 34.2 Å². The summed E-state index contributed by atoms with van der Waals surface area (Å²) in [6.45, 7) is 9.52. The summed E-state index contributed by atoms with van der Waals surface area (Å²) in [6, 6.07) is 4.88. The minimum absolute atomic E-state index is 0.0737. The Morgan fingerprint density at radius 1 is 1.15 bits per heavy atom. The molecule has 1 aromatic carbocycles. The number of hydrogen-bond acceptors (Lipinski definition) is 4. The smallest absolute Gasteiger partial charge is 0.250 e. The van der Waals surface area contributed by atoms with Crippen LogP contribution in [0.25, 0.3) is 0 Å². The van der Waals surface area contributed by atoms with E-state index in [1.54, 1.807) is 18.2 Å². The number of likely N-dealkylation sites (tertiary alicyclic amines) is 1. The van der Waals surface area contributed by atoms with Crippen molar-refractivity contribution in [3.8, 4) is 0 Å². The highest BCUT2D eigenvalue weighted by atomic mass is 35.5. The van der Waals surface area contributed by atoms with Crippen molar-refractivity contribution in [2.45, 2.75) is 51.7 Å². The standard InChI is InChI=1S/C20H24ClN3O3/c1-9(2)15-13-14(17(26)24(16(13)25)19(3,4)5)20(23-15)11-8-10(21)6-7-12(11)22-18(20)27/h6-9,13-15,23H,1-5H3,(H,22,27)/t13-,14-,15-,20-/m0/s1. The maximum Gasteiger partial charge on any atom is 0.250 e. The Kier molecular flexibility index (Phi) is 3.79. The monoisotopic (exact) mass is 389 g/mol. The topological polar surface area (TPSA) is 78.5 Å². The molecule has 0 bridgehead atoms. The predicted octanol–water partition coefficient (Wildman–Crippen LogP) is 2.51. The minimum Gasteiger partial charge on any atom is -0.324 e. The fourth-order valence-corrected chi connectivity index (χ4v) is 5.11. The number of rotatable bonds is 1. The number of nitrogens with zero attached hydrogens (tertiary/aromatic N) is 1. The van der Waals surface area contributed by atoms with E-state index in [4.69, 9.17) is 11.6 Å². The van der Waals surface area contributed by atoms with Crippen LogP contribution in [0.4, 0.5) is 5.69 Å². The van der Waals surface area contributed by atoms with E-state index in [2.05, 4.69) is 10.6 Å². The van der Waals surface area contributed by atoms with Crippen molar-refractivity contribution in [1.29, 1.82) is 0 Å². The van der Waals surface area contributed by atoms with Crippen LogP contribution in [0.3, 0.4) is 0 Å². The van der Waals surface area contributed by atoms with Crippen LogP contribution < -0.4 is 10.6 Å². The van der Waals surface area contributed by atoms with Crippen LogP contribution in [0, 0.1) is 17.8 Å². The number of hydrogen-bond donors (Lipinski definition) is 2. The maximum absolute atomic E-state index is 13.5. The van der Waals surface area contributed by atoms with Crippen molar-refractivity contribution in [2.24, 2.45) is 17.8 Å². The Hall–Kier alpha value is -1.92. The normalized spacial score (nSPS) is 32.5. The molecule has 6 nitrogen and oxygen atoms in total. The first kappa shape index (κ1) is 18.4. The molecule has 3 amide bonds. The Morgan fingerprint density at radius 3 is 2.41 bits per heavy atom. The van der Waals surface area contributed by atoms with Crippen molar-refractivity contribution in [2.75, 3.05) is 5.32 Å². The highest BCUT2D eigenvalue weighted by Gasteiger charge is 2.71. The molecular weight excluding hydrogens is 366 g/mol. The molecule has 2 saturated heterocycles. The Morgan fingerprint density at radius 2 is 1.81 bits per heavy atom. The van der Waals surface area contributed by atoms with Crippen molar-refractivity contribution in [1.82, 2.24) is 10.2 Å². The highest BCUT2D eigenvalue weighted by Crippen LogP contribution is 2.55. The summed E-state index contributed by atoms with van der Waals surface area (Å²) < 4.78 is 0. The summed E-state index contributed by atoms with van der Waals surface area (Å²) in [5.41, 5.74) is -0.635. The van der Waals surface area contributed by atoms with E-state index in [0.717, 1.165) is 0 Å². The van der Waals surface area contributed by atoms with E-state index in [1.807, 2.05) is 34.6 Å². The largest absolute Gasteiger partial charge is 0.324 e. The number of carbonyl (C=O) groups is 3. The summed E-state index contributed by atoms with van der Waals surface area (Å²) in [5, 5.41) is 6.76. The Labute approximate surface area is 163 Å². The molecule has 0 unspecified atom stereocenters. The van der Waals surface area contributed by atoms with Gasteiger partial charge in [-0.2, -0.15) is 0 Å².